The van der Waals surface area contributed by atoms with E-state index in [2.05, 4.69) is 0 Å². The largest absolute Gasteiger partial charge is 0.379 e. The Labute approximate surface area is 128 Å². The zero-order valence-electron chi connectivity index (χ0n) is 12.4. The van der Waals surface area contributed by atoms with Crippen LogP contribution in [0.15, 0.2) is 41.3 Å². The highest BCUT2D eigenvalue weighted by molar-refractivity contribution is 7.87. The second-order valence-corrected chi connectivity index (χ2v) is 6.88. The lowest BCUT2D eigenvalue weighted by Gasteiger charge is -2.14. The van der Waals surface area contributed by atoms with E-state index in [0.29, 0.717) is 11.6 Å². The van der Waals surface area contributed by atoms with Crippen LogP contribution in [0.1, 0.15) is 30.9 Å². The predicted molar refractivity (Wildman–Crippen MR) is 79.4 cm³/mol. The van der Waals surface area contributed by atoms with Gasteiger partial charge in [-0.25, -0.2) is 8.78 Å². The molecule has 0 heterocycles. The van der Waals surface area contributed by atoms with Gasteiger partial charge >= 0.3 is 10.1 Å². The van der Waals surface area contributed by atoms with Gasteiger partial charge in [0.1, 0.15) is 22.3 Å². The van der Waals surface area contributed by atoms with E-state index >= 15 is 0 Å². The summed E-state index contributed by atoms with van der Waals surface area (Å²) < 4.78 is 56.0. The SMILES string of the molecule is Cc1ccc(C(C)C)c(OS(=O)(=O)c2cc(F)cc(F)c2)c1. The fraction of sp³-hybridized carbons (Fsp3) is 0.250. The average molecular weight is 326 g/mol. The molecule has 0 N–H and O–H groups in total. The van der Waals surface area contributed by atoms with Gasteiger partial charge in [-0.05, 0) is 42.2 Å². The van der Waals surface area contributed by atoms with Crippen LogP contribution in [-0.4, -0.2) is 8.42 Å². The molecule has 0 aromatic heterocycles. The summed E-state index contributed by atoms with van der Waals surface area (Å²) in [5.41, 5.74) is 1.52. The normalized spacial score (nSPS) is 11.7. The molecule has 0 saturated carbocycles. The molecule has 0 saturated heterocycles. The van der Waals surface area contributed by atoms with Gasteiger partial charge in [-0.2, -0.15) is 8.42 Å². The molecule has 0 aliphatic rings. The van der Waals surface area contributed by atoms with E-state index in [0.717, 1.165) is 17.7 Å². The zero-order valence-corrected chi connectivity index (χ0v) is 13.2. The van der Waals surface area contributed by atoms with Crippen molar-refractivity contribution in [3.05, 3.63) is 59.2 Å². The molecule has 2 aromatic rings. The highest BCUT2D eigenvalue weighted by atomic mass is 32.2. The van der Waals surface area contributed by atoms with Gasteiger partial charge in [0.2, 0.25) is 0 Å². The molecule has 0 atom stereocenters. The van der Waals surface area contributed by atoms with Crippen LogP contribution in [0.25, 0.3) is 0 Å². The summed E-state index contributed by atoms with van der Waals surface area (Å²) in [6.07, 6.45) is 0. The molecule has 0 aliphatic heterocycles. The predicted octanol–water partition coefficient (Wildman–Crippen LogP) is 4.16. The minimum absolute atomic E-state index is 0.0371. The summed E-state index contributed by atoms with van der Waals surface area (Å²) in [5, 5.41) is 0. The first-order valence-electron chi connectivity index (χ1n) is 6.70. The van der Waals surface area contributed by atoms with Gasteiger partial charge in [-0.1, -0.05) is 26.0 Å². The van der Waals surface area contributed by atoms with Crippen molar-refractivity contribution >= 4 is 10.1 Å². The van der Waals surface area contributed by atoms with Crippen molar-refractivity contribution < 1.29 is 21.4 Å². The summed E-state index contributed by atoms with van der Waals surface area (Å²) in [5.74, 6) is -1.75. The van der Waals surface area contributed by atoms with E-state index in [1.54, 1.807) is 19.1 Å². The molecule has 0 amide bonds. The molecule has 22 heavy (non-hydrogen) atoms. The summed E-state index contributed by atoms with van der Waals surface area (Å²) >= 11 is 0. The van der Waals surface area contributed by atoms with Crippen LogP contribution in [0.3, 0.4) is 0 Å². The molecular formula is C16H16F2O3S. The van der Waals surface area contributed by atoms with Crippen LogP contribution in [-0.2, 0) is 10.1 Å². The van der Waals surface area contributed by atoms with Crippen LogP contribution in [0.4, 0.5) is 8.78 Å². The molecule has 118 valence electrons. The first-order chi connectivity index (χ1) is 10.2. The number of hydrogen-bond acceptors (Lipinski definition) is 3. The lowest BCUT2D eigenvalue weighted by molar-refractivity contribution is 0.478. The molecule has 0 aliphatic carbocycles. The van der Waals surface area contributed by atoms with Crippen molar-refractivity contribution in [3.63, 3.8) is 0 Å². The molecule has 6 heteroatoms. The Morgan fingerprint density at radius 1 is 1.00 bits per heavy atom. The van der Waals surface area contributed by atoms with Gasteiger partial charge in [0.05, 0.1) is 0 Å². The second-order valence-electron chi connectivity index (χ2n) is 5.34. The monoisotopic (exact) mass is 326 g/mol. The number of hydrogen-bond donors (Lipinski definition) is 0. The van der Waals surface area contributed by atoms with Gasteiger partial charge in [0, 0.05) is 6.07 Å². The molecule has 3 nitrogen and oxygen atoms in total. The van der Waals surface area contributed by atoms with Gasteiger partial charge in [0.25, 0.3) is 0 Å². The van der Waals surface area contributed by atoms with Crippen molar-refractivity contribution in [3.8, 4) is 5.75 Å². The smallest absolute Gasteiger partial charge is 0.339 e. The molecule has 2 aromatic carbocycles. The molecule has 0 fully saturated rings. The maximum atomic E-state index is 13.2. The Kier molecular flexibility index (Phi) is 4.51. The van der Waals surface area contributed by atoms with Gasteiger partial charge in [0.15, 0.2) is 0 Å². The minimum atomic E-state index is -4.31. The quantitative estimate of drug-likeness (QED) is 0.792. The van der Waals surface area contributed by atoms with E-state index in [4.69, 9.17) is 4.18 Å². The fourth-order valence-corrected chi connectivity index (χ4v) is 3.02. The topological polar surface area (TPSA) is 43.4 Å². The molecule has 0 radical (unpaired) electrons. The second kappa shape index (κ2) is 6.04. The first kappa shape index (κ1) is 16.4. The van der Waals surface area contributed by atoms with Crippen LogP contribution < -0.4 is 4.18 Å². The van der Waals surface area contributed by atoms with Crippen molar-refractivity contribution in [2.45, 2.75) is 31.6 Å². The van der Waals surface area contributed by atoms with Crippen molar-refractivity contribution in [1.82, 2.24) is 0 Å². The van der Waals surface area contributed by atoms with Gasteiger partial charge < -0.3 is 4.18 Å². The Balaban J connectivity index is 2.47. The molecule has 0 bridgehead atoms. The molecule has 0 unspecified atom stereocenters. The molecule has 0 spiro atoms. The van der Waals surface area contributed by atoms with Gasteiger partial charge in [-0.15, -0.1) is 0 Å². The summed E-state index contributed by atoms with van der Waals surface area (Å²) in [4.78, 5) is -0.554. The number of halogens is 2. The fourth-order valence-electron chi connectivity index (χ4n) is 2.03. The van der Waals surface area contributed by atoms with Crippen molar-refractivity contribution in [1.29, 1.82) is 0 Å². The van der Waals surface area contributed by atoms with Crippen molar-refractivity contribution in [2.24, 2.45) is 0 Å². The van der Waals surface area contributed by atoms with E-state index in [1.165, 1.54) is 0 Å². The lowest BCUT2D eigenvalue weighted by atomic mass is 10.0. The number of aryl methyl sites for hydroxylation is 1. The Bertz CT molecular complexity index is 779. The number of rotatable bonds is 4. The maximum Gasteiger partial charge on any atom is 0.339 e. The Morgan fingerprint density at radius 2 is 1.59 bits per heavy atom. The summed E-state index contributed by atoms with van der Waals surface area (Å²) in [7, 11) is -4.31. The lowest BCUT2D eigenvalue weighted by Crippen LogP contribution is -2.12. The summed E-state index contributed by atoms with van der Waals surface area (Å²) in [6.45, 7) is 5.59. The van der Waals surface area contributed by atoms with E-state index in [9.17, 15) is 17.2 Å². The maximum absolute atomic E-state index is 13.2. The Hall–Kier alpha value is -1.95. The molecule has 2 rings (SSSR count). The standard InChI is InChI=1S/C16H16F2O3S/c1-10(2)15-5-4-11(3)6-16(15)21-22(19,20)14-8-12(17)7-13(18)9-14/h4-10H,1-3H3. The van der Waals surface area contributed by atoms with Crippen molar-refractivity contribution in [2.75, 3.05) is 0 Å². The van der Waals surface area contributed by atoms with Crippen LogP contribution >= 0.6 is 0 Å². The Morgan fingerprint density at radius 3 is 2.14 bits per heavy atom. The van der Waals surface area contributed by atoms with Gasteiger partial charge in [-0.3, -0.25) is 0 Å². The van der Waals surface area contributed by atoms with E-state index in [1.807, 2.05) is 19.9 Å². The first-order valence-corrected chi connectivity index (χ1v) is 8.11. The average Bonchev–Trinajstić information content (AvgIpc) is 2.36. The third-order valence-electron chi connectivity index (χ3n) is 3.12. The summed E-state index contributed by atoms with van der Waals surface area (Å²) in [6, 6.07) is 7.26. The highest BCUT2D eigenvalue weighted by Gasteiger charge is 2.21. The number of benzene rings is 2. The zero-order chi connectivity index (χ0) is 16.5. The third kappa shape index (κ3) is 3.62. The van der Waals surface area contributed by atoms with E-state index < -0.39 is 26.6 Å². The van der Waals surface area contributed by atoms with Crippen LogP contribution in [0.2, 0.25) is 0 Å². The minimum Gasteiger partial charge on any atom is -0.379 e. The van der Waals surface area contributed by atoms with Crippen LogP contribution in [0, 0.1) is 18.6 Å². The van der Waals surface area contributed by atoms with E-state index in [-0.39, 0.29) is 11.7 Å². The van der Waals surface area contributed by atoms with Crippen LogP contribution in [0.5, 0.6) is 5.75 Å². The third-order valence-corrected chi connectivity index (χ3v) is 4.33. The highest BCUT2D eigenvalue weighted by Crippen LogP contribution is 2.30. The molecular weight excluding hydrogens is 310 g/mol.